The minimum Gasteiger partial charge on any atom is -0.263 e. The second-order valence-corrected chi connectivity index (χ2v) is 5.37. The van der Waals surface area contributed by atoms with Gasteiger partial charge in [-0.05, 0) is 0 Å². The third-order valence-corrected chi connectivity index (χ3v) is 3.09. The zero-order valence-corrected chi connectivity index (χ0v) is 9.24. The predicted octanol–water partition coefficient (Wildman–Crippen LogP) is 2.97. The van der Waals surface area contributed by atoms with Gasteiger partial charge in [-0.15, -0.1) is 0 Å². The minimum absolute atomic E-state index is 0.118. The van der Waals surface area contributed by atoms with E-state index in [4.69, 9.17) is 10.7 Å². The van der Waals surface area contributed by atoms with Crippen molar-refractivity contribution in [1.82, 2.24) is 4.98 Å². The lowest BCUT2D eigenvalue weighted by molar-refractivity contribution is -0.140. The molecule has 0 unspecified atom stereocenters. The van der Waals surface area contributed by atoms with Crippen molar-refractivity contribution < 1.29 is 30.4 Å². The van der Waals surface area contributed by atoms with Gasteiger partial charge >= 0.3 is 6.18 Å². The van der Waals surface area contributed by atoms with Crippen LogP contribution in [0, 0.1) is 0 Å². The summed E-state index contributed by atoms with van der Waals surface area (Å²) in [5.41, 5.74) is -3.52. The Balaban J connectivity index is 3.67. The number of rotatable bonds is 2. The molecule has 17 heavy (non-hydrogen) atoms. The second kappa shape index (κ2) is 4.37. The summed E-state index contributed by atoms with van der Waals surface area (Å²) in [5, 5.41) is 0. The average Bonchev–Trinajstić information content (AvgIpc) is 2.13. The van der Waals surface area contributed by atoms with Gasteiger partial charge in [-0.25, -0.2) is 17.2 Å². The lowest BCUT2D eigenvalue weighted by atomic mass is 10.1. The Bertz CT molecular complexity index is 528. The van der Waals surface area contributed by atoms with E-state index >= 15 is 0 Å². The molecule has 1 aromatic heterocycles. The van der Waals surface area contributed by atoms with E-state index in [0.29, 0.717) is 6.20 Å². The Kier molecular flexibility index (Phi) is 3.63. The van der Waals surface area contributed by atoms with Gasteiger partial charge in [0.15, 0.2) is 0 Å². The fraction of sp³-hybridized carbons (Fsp3) is 0.286. The van der Waals surface area contributed by atoms with Crippen molar-refractivity contribution in [2.45, 2.75) is 17.5 Å². The number of hydrogen-bond acceptors (Lipinski definition) is 3. The molecule has 0 radical (unpaired) electrons. The highest BCUT2D eigenvalue weighted by Gasteiger charge is 2.39. The maximum absolute atomic E-state index is 12.5. The maximum Gasteiger partial charge on any atom is 0.418 e. The van der Waals surface area contributed by atoms with Crippen LogP contribution >= 0.6 is 10.7 Å². The van der Waals surface area contributed by atoms with E-state index in [9.17, 15) is 30.4 Å². The fourth-order valence-corrected chi connectivity index (χ4v) is 2.11. The summed E-state index contributed by atoms with van der Waals surface area (Å²) in [6, 6.07) is 0. The quantitative estimate of drug-likeness (QED) is 0.622. The van der Waals surface area contributed by atoms with Crippen molar-refractivity contribution in [3.05, 3.63) is 23.5 Å². The van der Waals surface area contributed by atoms with E-state index in [-0.39, 0.29) is 6.20 Å². The lowest BCUT2D eigenvalue weighted by Gasteiger charge is -2.13. The SMILES string of the molecule is O=S(=O)(Cl)c1cncc(C(F)(F)F)c1C(F)F. The highest BCUT2D eigenvalue weighted by molar-refractivity contribution is 8.13. The van der Waals surface area contributed by atoms with Crippen LogP contribution in [0.1, 0.15) is 17.6 Å². The summed E-state index contributed by atoms with van der Waals surface area (Å²) in [7, 11) is 0.0298. The number of alkyl halides is 5. The van der Waals surface area contributed by atoms with Gasteiger partial charge in [0.2, 0.25) is 0 Å². The van der Waals surface area contributed by atoms with Gasteiger partial charge in [-0.2, -0.15) is 13.2 Å². The first kappa shape index (κ1) is 14.1. The monoisotopic (exact) mass is 295 g/mol. The topological polar surface area (TPSA) is 47.0 Å². The number of halogens is 6. The third kappa shape index (κ3) is 3.03. The van der Waals surface area contributed by atoms with Gasteiger partial charge in [-0.1, -0.05) is 0 Å². The van der Waals surface area contributed by atoms with Crippen LogP contribution in [0.15, 0.2) is 17.3 Å². The lowest BCUT2D eigenvalue weighted by Crippen LogP contribution is -2.13. The standard InChI is InChI=1S/C7H3ClF5NO2S/c8-17(15,16)4-2-14-1-3(7(11,12)13)5(4)6(9)10/h1-2,6H. The molecule has 10 heteroatoms. The molecule has 0 saturated carbocycles. The Hall–Kier alpha value is -0.960. The van der Waals surface area contributed by atoms with Gasteiger partial charge < -0.3 is 0 Å². The van der Waals surface area contributed by atoms with Crippen LogP contribution in [0.2, 0.25) is 0 Å². The molecule has 0 N–H and O–H groups in total. The van der Waals surface area contributed by atoms with E-state index < -0.39 is 37.7 Å². The van der Waals surface area contributed by atoms with Gasteiger partial charge in [-0.3, -0.25) is 4.98 Å². The van der Waals surface area contributed by atoms with Crippen LogP contribution in [0.3, 0.4) is 0 Å². The van der Waals surface area contributed by atoms with Crippen LogP contribution in [-0.4, -0.2) is 13.4 Å². The Morgan fingerprint density at radius 1 is 1.24 bits per heavy atom. The van der Waals surface area contributed by atoms with E-state index in [1.165, 1.54) is 0 Å². The van der Waals surface area contributed by atoms with Crippen LogP contribution in [0.4, 0.5) is 22.0 Å². The van der Waals surface area contributed by atoms with Crippen molar-refractivity contribution in [3.8, 4) is 0 Å². The van der Waals surface area contributed by atoms with Crippen LogP contribution < -0.4 is 0 Å². The molecule has 0 amide bonds. The molecular weight excluding hydrogens is 293 g/mol. The van der Waals surface area contributed by atoms with E-state index in [1.807, 2.05) is 0 Å². The molecule has 0 aliphatic heterocycles. The first-order valence-electron chi connectivity index (χ1n) is 3.83. The summed E-state index contributed by atoms with van der Waals surface area (Å²) in [6.45, 7) is 0. The molecule has 0 saturated heterocycles. The van der Waals surface area contributed by atoms with E-state index in [0.717, 1.165) is 0 Å². The van der Waals surface area contributed by atoms with E-state index in [1.54, 1.807) is 0 Å². The summed E-state index contributed by atoms with van der Waals surface area (Å²) >= 11 is 0. The molecule has 0 aliphatic carbocycles. The number of nitrogens with zero attached hydrogens (tertiary/aromatic N) is 1. The first-order valence-corrected chi connectivity index (χ1v) is 6.14. The number of hydrogen-bond donors (Lipinski definition) is 0. The zero-order chi connectivity index (χ0) is 13.4. The summed E-state index contributed by atoms with van der Waals surface area (Å²) in [6.07, 6.45) is -8.32. The molecule has 0 bridgehead atoms. The van der Waals surface area contributed by atoms with Crippen LogP contribution in [-0.2, 0) is 15.2 Å². The van der Waals surface area contributed by atoms with Gasteiger partial charge in [0.05, 0.1) is 11.1 Å². The molecular formula is C7H3ClF5NO2S. The van der Waals surface area contributed by atoms with Crippen molar-refractivity contribution in [2.24, 2.45) is 0 Å². The van der Waals surface area contributed by atoms with Crippen molar-refractivity contribution in [2.75, 3.05) is 0 Å². The Morgan fingerprint density at radius 3 is 2.12 bits per heavy atom. The highest BCUT2D eigenvalue weighted by Crippen LogP contribution is 2.39. The molecule has 0 atom stereocenters. The van der Waals surface area contributed by atoms with E-state index in [2.05, 4.69) is 4.98 Å². The van der Waals surface area contributed by atoms with Crippen molar-refractivity contribution >= 4 is 19.7 Å². The molecule has 0 aliphatic rings. The Morgan fingerprint density at radius 2 is 1.76 bits per heavy atom. The third-order valence-electron chi connectivity index (χ3n) is 1.74. The number of aromatic nitrogens is 1. The van der Waals surface area contributed by atoms with Gasteiger partial charge in [0, 0.05) is 23.1 Å². The molecule has 1 rings (SSSR count). The summed E-state index contributed by atoms with van der Waals surface area (Å²) in [5.74, 6) is 0. The summed E-state index contributed by atoms with van der Waals surface area (Å²) < 4.78 is 83.8. The van der Waals surface area contributed by atoms with Gasteiger partial charge in [0.25, 0.3) is 15.5 Å². The fourth-order valence-electron chi connectivity index (χ4n) is 1.10. The Labute approximate surface area is 96.6 Å². The first-order chi connectivity index (χ1) is 7.55. The molecule has 1 aromatic rings. The highest BCUT2D eigenvalue weighted by atomic mass is 35.7. The zero-order valence-electron chi connectivity index (χ0n) is 7.67. The molecule has 3 nitrogen and oxygen atoms in total. The molecule has 96 valence electrons. The molecule has 1 heterocycles. The molecule has 0 spiro atoms. The second-order valence-electron chi connectivity index (χ2n) is 2.84. The largest absolute Gasteiger partial charge is 0.418 e. The number of pyridine rings is 1. The minimum atomic E-state index is -5.14. The predicted molar refractivity (Wildman–Crippen MR) is 47.2 cm³/mol. The van der Waals surface area contributed by atoms with Gasteiger partial charge in [0.1, 0.15) is 4.90 Å². The van der Waals surface area contributed by atoms with Crippen LogP contribution in [0.25, 0.3) is 0 Å². The normalized spacial score (nSPS) is 13.1. The smallest absolute Gasteiger partial charge is 0.263 e. The molecule has 0 aromatic carbocycles. The summed E-state index contributed by atoms with van der Waals surface area (Å²) in [4.78, 5) is 1.60. The molecule has 0 fully saturated rings. The van der Waals surface area contributed by atoms with Crippen molar-refractivity contribution in [3.63, 3.8) is 0 Å². The van der Waals surface area contributed by atoms with Crippen molar-refractivity contribution in [1.29, 1.82) is 0 Å². The maximum atomic E-state index is 12.5. The average molecular weight is 296 g/mol. The van der Waals surface area contributed by atoms with Crippen LogP contribution in [0.5, 0.6) is 0 Å².